The van der Waals surface area contributed by atoms with Crippen molar-refractivity contribution >= 4 is 33.4 Å². The van der Waals surface area contributed by atoms with Crippen molar-refractivity contribution in [2.45, 2.75) is 11.8 Å². The fourth-order valence-corrected chi connectivity index (χ4v) is 1.78. The topological polar surface area (TPSA) is 47.6 Å². The summed E-state index contributed by atoms with van der Waals surface area (Å²) in [4.78, 5) is -0.139. The predicted molar refractivity (Wildman–Crippen MR) is 66.4 cm³/mol. The molecule has 0 aliphatic rings. The number of hydrazone groups is 1. The van der Waals surface area contributed by atoms with Gasteiger partial charge in [0.25, 0.3) is 0 Å². The maximum atomic E-state index is 5.79. The molecule has 0 aliphatic carbocycles. The molecule has 0 heterocycles. The SMILES string of the molecule is CCO/C(=N\N)C(Br)c1ccc(Cl)cc1. The fourth-order valence-electron chi connectivity index (χ4n) is 1.10. The number of alkyl halides is 1. The summed E-state index contributed by atoms with van der Waals surface area (Å²) in [6, 6.07) is 7.41. The minimum absolute atomic E-state index is 0.139. The molecule has 0 saturated carbocycles. The van der Waals surface area contributed by atoms with Gasteiger partial charge in [-0.3, -0.25) is 0 Å². The van der Waals surface area contributed by atoms with Crippen LogP contribution < -0.4 is 5.84 Å². The van der Waals surface area contributed by atoms with E-state index in [1.165, 1.54) is 0 Å². The molecule has 1 unspecified atom stereocenters. The van der Waals surface area contributed by atoms with Crippen LogP contribution in [0.4, 0.5) is 0 Å². The molecule has 15 heavy (non-hydrogen) atoms. The maximum absolute atomic E-state index is 5.79. The molecule has 0 amide bonds. The summed E-state index contributed by atoms with van der Waals surface area (Å²) in [7, 11) is 0. The summed E-state index contributed by atoms with van der Waals surface area (Å²) in [5.74, 6) is 5.69. The van der Waals surface area contributed by atoms with Crippen molar-refractivity contribution in [3.63, 3.8) is 0 Å². The first kappa shape index (κ1) is 12.3. The van der Waals surface area contributed by atoms with Gasteiger partial charge in [-0.05, 0) is 24.6 Å². The average molecular weight is 292 g/mol. The van der Waals surface area contributed by atoms with E-state index in [1.54, 1.807) is 0 Å². The molecule has 2 N–H and O–H groups in total. The molecule has 1 aromatic carbocycles. The lowest BCUT2D eigenvalue weighted by Crippen LogP contribution is -2.13. The van der Waals surface area contributed by atoms with Gasteiger partial charge in [0.2, 0.25) is 5.90 Å². The summed E-state index contributed by atoms with van der Waals surface area (Å²) in [5.41, 5.74) is 0.997. The molecule has 5 heteroatoms. The highest BCUT2D eigenvalue weighted by Crippen LogP contribution is 2.26. The Hall–Kier alpha value is -0.740. The molecule has 0 saturated heterocycles. The van der Waals surface area contributed by atoms with Crippen LogP contribution in [0.5, 0.6) is 0 Å². The Balaban J connectivity index is 2.83. The Morgan fingerprint density at radius 1 is 1.53 bits per heavy atom. The second-order valence-corrected chi connectivity index (χ2v) is 4.17. The van der Waals surface area contributed by atoms with Crippen LogP contribution in [0.3, 0.4) is 0 Å². The molecule has 82 valence electrons. The van der Waals surface area contributed by atoms with E-state index >= 15 is 0 Å². The van der Waals surface area contributed by atoms with Gasteiger partial charge in [0.15, 0.2) is 0 Å². The molecule has 0 fully saturated rings. The van der Waals surface area contributed by atoms with E-state index in [4.69, 9.17) is 22.2 Å². The first-order valence-electron chi connectivity index (χ1n) is 4.49. The normalized spacial score (nSPS) is 13.7. The largest absolute Gasteiger partial charge is 0.479 e. The van der Waals surface area contributed by atoms with Crippen molar-refractivity contribution in [2.24, 2.45) is 10.9 Å². The lowest BCUT2D eigenvalue weighted by atomic mass is 10.1. The third-order valence-corrected chi connectivity index (χ3v) is 2.97. The monoisotopic (exact) mass is 290 g/mol. The van der Waals surface area contributed by atoms with Gasteiger partial charge < -0.3 is 10.6 Å². The van der Waals surface area contributed by atoms with Gasteiger partial charge in [0.1, 0.15) is 4.83 Å². The number of hydrogen-bond acceptors (Lipinski definition) is 3. The highest BCUT2D eigenvalue weighted by molar-refractivity contribution is 9.09. The first-order valence-corrected chi connectivity index (χ1v) is 5.78. The van der Waals surface area contributed by atoms with E-state index in [0.717, 1.165) is 5.56 Å². The van der Waals surface area contributed by atoms with Crippen molar-refractivity contribution in [1.29, 1.82) is 0 Å². The average Bonchev–Trinajstić information content (AvgIpc) is 2.26. The summed E-state index contributed by atoms with van der Waals surface area (Å²) < 4.78 is 5.28. The van der Waals surface area contributed by atoms with Crippen LogP contribution in [0.1, 0.15) is 17.3 Å². The summed E-state index contributed by atoms with van der Waals surface area (Å²) in [6.07, 6.45) is 0. The van der Waals surface area contributed by atoms with Gasteiger partial charge in [0.05, 0.1) is 6.61 Å². The van der Waals surface area contributed by atoms with Gasteiger partial charge >= 0.3 is 0 Å². The highest BCUT2D eigenvalue weighted by atomic mass is 79.9. The number of rotatable bonds is 3. The van der Waals surface area contributed by atoms with Crippen LogP contribution in [-0.2, 0) is 4.74 Å². The van der Waals surface area contributed by atoms with Crippen molar-refractivity contribution in [1.82, 2.24) is 0 Å². The minimum atomic E-state index is -0.139. The van der Waals surface area contributed by atoms with Gasteiger partial charge in [-0.2, -0.15) is 0 Å². The molecular weight excluding hydrogens is 279 g/mol. The third-order valence-electron chi connectivity index (χ3n) is 1.80. The van der Waals surface area contributed by atoms with E-state index in [9.17, 15) is 0 Å². The van der Waals surface area contributed by atoms with Crippen LogP contribution in [0, 0.1) is 0 Å². The quantitative estimate of drug-likeness (QED) is 0.306. The zero-order chi connectivity index (χ0) is 11.3. The zero-order valence-electron chi connectivity index (χ0n) is 8.28. The Morgan fingerprint density at radius 3 is 2.60 bits per heavy atom. The Kier molecular flexibility index (Phi) is 4.91. The van der Waals surface area contributed by atoms with Crippen molar-refractivity contribution in [2.75, 3.05) is 6.61 Å². The Labute approximate surface area is 102 Å². The molecule has 0 spiro atoms. The van der Waals surface area contributed by atoms with Crippen LogP contribution in [0.15, 0.2) is 29.4 Å². The number of ether oxygens (including phenoxy) is 1. The van der Waals surface area contributed by atoms with E-state index in [1.807, 2.05) is 31.2 Å². The number of nitrogens with two attached hydrogens (primary N) is 1. The van der Waals surface area contributed by atoms with Crippen molar-refractivity contribution in [3.05, 3.63) is 34.9 Å². The van der Waals surface area contributed by atoms with Crippen molar-refractivity contribution in [3.8, 4) is 0 Å². The first-order chi connectivity index (χ1) is 7.19. The van der Waals surface area contributed by atoms with Crippen LogP contribution in [0.2, 0.25) is 5.02 Å². The number of halogens is 2. The van der Waals surface area contributed by atoms with Crippen LogP contribution in [0.25, 0.3) is 0 Å². The number of benzene rings is 1. The van der Waals surface area contributed by atoms with Gasteiger partial charge in [-0.15, -0.1) is 5.10 Å². The lowest BCUT2D eigenvalue weighted by molar-refractivity contribution is 0.318. The van der Waals surface area contributed by atoms with E-state index in [-0.39, 0.29) is 4.83 Å². The van der Waals surface area contributed by atoms with Crippen LogP contribution in [-0.4, -0.2) is 12.5 Å². The molecule has 1 atom stereocenters. The fraction of sp³-hybridized carbons (Fsp3) is 0.300. The Bertz CT molecular complexity index is 340. The molecule has 0 aliphatic heterocycles. The molecule has 1 rings (SSSR count). The molecule has 0 radical (unpaired) electrons. The smallest absolute Gasteiger partial charge is 0.223 e. The summed E-state index contributed by atoms with van der Waals surface area (Å²) in [6.45, 7) is 2.42. The molecule has 1 aromatic rings. The minimum Gasteiger partial charge on any atom is -0.479 e. The number of hydrogen-bond donors (Lipinski definition) is 1. The standard InChI is InChI=1S/C10H12BrClN2O/c1-2-15-10(14-13)9(11)7-3-5-8(12)6-4-7/h3-6,9H,2,13H2,1H3/b14-10-. The van der Waals surface area contributed by atoms with Gasteiger partial charge in [-0.25, -0.2) is 0 Å². The molecule has 0 bridgehead atoms. The molecule has 3 nitrogen and oxygen atoms in total. The van der Waals surface area contributed by atoms with Crippen LogP contribution >= 0.6 is 27.5 Å². The highest BCUT2D eigenvalue weighted by Gasteiger charge is 2.15. The molecule has 0 aromatic heterocycles. The lowest BCUT2D eigenvalue weighted by Gasteiger charge is -2.12. The molecular formula is C10H12BrClN2O. The second kappa shape index (κ2) is 5.98. The second-order valence-electron chi connectivity index (χ2n) is 2.81. The zero-order valence-corrected chi connectivity index (χ0v) is 10.6. The van der Waals surface area contributed by atoms with E-state index in [2.05, 4.69) is 21.0 Å². The summed E-state index contributed by atoms with van der Waals surface area (Å²) in [5, 5.41) is 4.29. The van der Waals surface area contributed by atoms with E-state index < -0.39 is 0 Å². The predicted octanol–water partition coefficient (Wildman–Crippen LogP) is 3.08. The van der Waals surface area contributed by atoms with Gasteiger partial charge in [-0.1, -0.05) is 39.7 Å². The van der Waals surface area contributed by atoms with Gasteiger partial charge in [0, 0.05) is 5.02 Å². The van der Waals surface area contributed by atoms with Crippen molar-refractivity contribution < 1.29 is 4.74 Å². The summed E-state index contributed by atoms with van der Waals surface area (Å²) >= 11 is 9.25. The van der Waals surface area contributed by atoms with E-state index in [0.29, 0.717) is 17.5 Å². The third kappa shape index (κ3) is 3.39. The maximum Gasteiger partial charge on any atom is 0.223 e. The number of nitrogens with zero attached hydrogens (tertiary/aromatic N) is 1. The Morgan fingerprint density at radius 2 is 2.13 bits per heavy atom.